The van der Waals surface area contributed by atoms with E-state index >= 15 is 0 Å². The Hall–Kier alpha value is -1.86. The standard InChI is InChI=1S/C14H19N3O3S/c1-2-20-11-5-3-9(4-6-11)16-14(21)17-8-10(18)7-12(17)13(15)19/h3-6,10,12,18H,2,7-8H2,1H3,(H2,15,19)(H,16,21)/t10-,12-/m0/s1. The number of likely N-dealkylation sites (tertiary alicyclic amines) is 1. The molecule has 21 heavy (non-hydrogen) atoms. The van der Waals surface area contributed by atoms with Crippen LogP contribution in [0.5, 0.6) is 5.75 Å². The highest BCUT2D eigenvalue weighted by Crippen LogP contribution is 2.21. The SMILES string of the molecule is CCOc1ccc(NC(=S)N2C[C@@H](O)C[C@H]2C(N)=O)cc1. The van der Waals surface area contributed by atoms with E-state index in [1.807, 2.05) is 31.2 Å². The first-order valence-electron chi connectivity index (χ1n) is 6.79. The van der Waals surface area contributed by atoms with Crippen LogP contribution in [0.15, 0.2) is 24.3 Å². The van der Waals surface area contributed by atoms with Gasteiger partial charge in [0.25, 0.3) is 0 Å². The van der Waals surface area contributed by atoms with Gasteiger partial charge in [-0.15, -0.1) is 0 Å². The Morgan fingerprint density at radius 2 is 2.19 bits per heavy atom. The number of nitrogens with zero attached hydrogens (tertiary/aromatic N) is 1. The molecule has 1 saturated heterocycles. The maximum atomic E-state index is 11.4. The molecule has 1 aliphatic heterocycles. The number of benzene rings is 1. The largest absolute Gasteiger partial charge is 0.494 e. The van der Waals surface area contributed by atoms with Gasteiger partial charge >= 0.3 is 0 Å². The Morgan fingerprint density at radius 3 is 2.76 bits per heavy atom. The average molecular weight is 309 g/mol. The summed E-state index contributed by atoms with van der Waals surface area (Å²) < 4.78 is 5.36. The predicted molar refractivity (Wildman–Crippen MR) is 84.1 cm³/mol. The van der Waals surface area contributed by atoms with Gasteiger partial charge in [-0.05, 0) is 43.4 Å². The molecule has 0 aromatic heterocycles. The molecule has 1 fully saturated rings. The highest BCUT2D eigenvalue weighted by molar-refractivity contribution is 7.80. The molecular formula is C14H19N3O3S. The average Bonchev–Trinajstić information content (AvgIpc) is 2.84. The van der Waals surface area contributed by atoms with Gasteiger partial charge in [0.2, 0.25) is 5.91 Å². The second-order valence-corrected chi connectivity index (χ2v) is 5.23. The number of aliphatic hydroxyl groups is 1. The number of amides is 1. The van der Waals surface area contributed by atoms with Crippen molar-refractivity contribution in [3.8, 4) is 5.75 Å². The van der Waals surface area contributed by atoms with Crippen molar-refractivity contribution < 1.29 is 14.6 Å². The van der Waals surface area contributed by atoms with Gasteiger partial charge in [0, 0.05) is 18.7 Å². The van der Waals surface area contributed by atoms with Crippen LogP contribution in [0.4, 0.5) is 5.69 Å². The summed E-state index contributed by atoms with van der Waals surface area (Å²) in [4.78, 5) is 13.0. The lowest BCUT2D eigenvalue weighted by atomic mass is 10.2. The Balaban J connectivity index is 2.01. The molecule has 0 unspecified atom stereocenters. The van der Waals surface area contributed by atoms with E-state index in [2.05, 4.69) is 5.32 Å². The number of primary amides is 1. The molecule has 0 aliphatic carbocycles. The monoisotopic (exact) mass is 309 g/mol. The normalized spacial score (nSPS) is 21.1. The first-order valence-corrected chi connectivity index (χ1v) is 7.20. The molecule has 1 amide bonds. The van der Waals surface area contributed by atoms with Crippen LogP contribution < -0.4 is 15.8 Å². The number of rotatable bonds is 4. The number of carbonyl (C=O) groups excluding carboxylic acids is 1. The van der Waals surface area contributed by atoms with Crippen molar-refractivity contribution in [2.45, 2.75) is 25.5 Å². The molecule has 0 spiro atoms. The lowest BCUT2D eigenvalue weighted by Gasteiger charge is -2.25. The lowest BCUT2D eigenvalue weighted by molar-refractivity contribution is -0.121. The molecule has 6 nitrogen and oxygen atoms in total. The summed E-state index contributed by atoms with van der Waals surface area (Å²) in [6.07, 6.45) is -0.289. The van der Waals surface area contributed by atoms with Gasteiger partial charge in [-0.2, -0.15) is 0 Å². The fourth-order valence-electron chi connectivity index (χ4n) is 2.30. The van der Waals surface area contributed by atoms with E-state index in [0.29, 0.717) is 24.7 Å². The van der Waals surface area contributed by atoms with Crippen molar-refractivity contribution in [3.63, 3.8) is 0 Å². The Labute approximate surface area is 128 Å². The third kappa shape index (κ3) is 3.83. The van der Waals surface area contributed by atoms with Crippen LogP contribution in [0.3, 0.4) is 0 Å². The number of β-amino-alcohol motifs (C(OH)–C–C–N with tert-alkyl or cyclic N) is 1. The van der Waals surface area contributed by atoms with Crippen LogP contribution in [0.1, 0.15) is 13.3 Å². The molecule has 4 N–H and O–H groups in total. The second kappa shape index (κ2) is 6.73. The van der Waals surface area contributed by atoms with Crippen molar-refractivity contribution in [3.05, 3.63) is 24.3 Å². The number of nitrogens with two attached hydrogens (primary N) is 1. The summed E-state index contributed by atoms with van der Waals surface area (Å²) in [7, 11) is 0. The highest BCUT2D eigenvalue weighted by atomic mass is 32.1. The summed E-state index contributed by atoms with van der Waals surface area (Å²) in [5.74, 6) is 0.294. The van der Waals surface area contributed by atoms with Crippen molar-refractivity contribution in [1.29, 1.82) is 0 Å². The zero-order valence-electron chi connectivity index (χ0n) is 11.8. The molecule has 114 valence electrons. The third-order valence-electron chi connectivity index (χ3n) is 3.28. The molecular weight excluding hydrogens is 290 g/mol. The van der Waals surface area contributed by atoms with E-state index in [4.69, 9.17) is 22.7 Å². The summed E-state index contributed by atoms with van der Waals surface area (Å²) in [6.45, 7) is 2.83. The fourth-order valence-corrected chi connectivity index (χ4v) is 2.62. The molecule has 1 heterocycles. The summed E-state index contributed by atoms with van der Waals surface area (Å²) >= 11 is 5.29. The van der Waals surface area contributed by atoms with E-state index in [0.717, 1.165) is 11.4 Å². The van der Waals surface area contributed by atoms with Crippen LogP contribution in [0.25, 0.3) is 0 Å². The molecule has 0 bridgehead atoms. The van der Waals surface area contributed by atoms with Gasteiger partial charge in [-0.3, -0.25) is 4.79 Å². The summed E-state index contributed by atoms with van der Waals surface area (Å²) in [6, 6.07) is 6.77. The Kier molecular flexibility index (Phi) is 4.98. The van der Waals surface area contributed by atoms with Gasteiger partial charge in [-0.1, -0.05) is 0 Å². The van der Waals surface area contributed by atoms with E-state index < -0.39 is 18.1 Å². The second-order valence-electron chi connectivity index (χ2n) is 4.85. The van der Waals surface area contributed by atoms with Gasteiger partial charge in [0.1, 0.15) is 11.8 Å². The van der Waals surface area contributed by atoms with Gasteiger partial charge in [0.15, 0.2) is 5.11 Å². The van der Waals surface area contributed by atoms with Crippen LogP contribution in [0, 0.1) is 0 Å². The molecule has 0 saturated carbocycles. The minimum Gasteiger partial charge on any atom is -0.494 e. The molecule has 2 rings (SSSR count). The van der Waals surface area contributed by atoms with Gasteiger partial charge < -0.3 is 25.8 Å². The van der Waals surface area contributed by atoms with Crippen LogP contribution in [-0.4, -0.2) is 46.3 Å². The maximum Gasteiger partial charge on any atom is 0.240 e. The van der Waals surface area contributed by atoms with E-state index in [-0.39, 0.29) is 0 Å². The first kappa shape index (κ1) is 15.5. The minimum absolute atomic E-state index is 0.302. The van der Waals surface area contributed by atoms with E-state index in [1.165, 1.54) is 0 Å². The number of aliphatic hydroxyl groups excluding tert-OH is 1. The number of anilines is 1. The lowest BCUT2D eigenvalue weighted by Crippen LogP contribution is -2.45. The van der Waals surface area contributed by atoms with Crippen molar-refractivity contribution >= 4 is 28.9 Å². The van der Waals surface area contributed by atoms with Crippen molar-refractivity contribution in [2.75, 3.05) is 18.5 Å². The molecule has 0 radical (unpaired) electrons. The smallest absolute Gasteiger partial charge is 0.240 e. The summed E-state index contributed by atoms with van der Waals surface area (Å²) in [5, 5.41) is 13.1. The van der Waals surface area contributed by atoms with E-state index in [9.17, 15) is 9.90 Å². The van der Waals surface area contributed by atoms with Gasteiger partial charge in [0.05, 0.1) is 12.7 Å². The Morgan fingerprint density at radius 1 is 1.52 bits per heavy atom. The number of hydrogen-bond donors (Lipinski definition) is 3. The number of hydrogen-bond acceptors (Lipinski definition) is 4. The first-order chi connectivity index (χ1) is 10.0. The van der Waals surface area contributed by atoms with Crippen molar-refractivity contribution in [2.24, 2.45) is 5.73 Å². The van der Waals surface area contributed by atoms with Crippen LogP contribution >= 0.6 is 12.2 Å². The molecule has 1 aromatic carbocycles. The number of ether oxygens (including phenoxy) is 1. The molecule has 7 heteroatoms. The number of nitrogens with one attached hydrogen (secondary N) is 1. The van der Waals surface area contributed by atoms with E-state index in [1.54, 1.807) is 4.90 Å². The predicted octanol–water partition coefficient (Wildman–Crippen LogP) is 0.703. The summed E-state index contributed by atoms with van der Waals surface area (Å²) in [5.41, 5.74) is 6.12. The molecule has 1 aliphatic rings. The quantitative estimate of drug-likeness (QED) is 0.710. The fraction of sp³-hybridized carbons (Fsp3) is 0.429. The minimum atomic E-state index is -0.595. The molecule has 2 atom stereocenters. The zero-order valence-corrected chi connectivity index (χ0v) is 12.6. The maximum absolute atomic E-state index is 11.4. The van der Waals surface area contributed by atoms with Crippen LogP contribution in [-0.2, 0) is 4.79 Å². The number of carbonyl (C=O) groups is 1. The number of thiocarbonyl (C=S) groups is 1. The van der Waals surface area contributed by atoms with Crippen molar-refractivity contribution in [1.82, 2.24) is 4.90 Å². The van der Waals surface area contributed by atoms with Crippen LogP contribution in [0.2, 0.25) is 0 Å². The van der Waals surface area contributed by atoms with Gasteiger partial charge in [-0.25, -0.2) is 0 Å². The Bertz CT molecular complexity index is 521. The topological polar surface area (TPSA) is 87.8 Å². The molecule has 1 aromatic rings. The highest BCUT2D eigenvalue weighted by Gasteiger charge is 2.36. The zero-order chi connectivity index (χ0) is 15.4. The third-order valence-corrected chi connectivity index (χ3v) is 3.62.